The van der Waals surface area contributed by atoms with Gasteiger partial charge in [-0.05, 0) is 61.0 Å². The van der Waals surface area contributed by atoms with Crippen LogP contribution in [0.5, 0.6) is 11.5 Å². The van der Waals surface area contributed by atoms with E-state index in [1.54, 1.807) is 20.3 Å². The molecule has 10 heteroatoms. The molecule has 4 rings (SSSR count). The Balaban J connectivity index is 1.59. The highest BCUT2D eigenvalue weighted by molar-refractivity contribution is 8.00. The van der Waals surface area contributed by atoms with Crippen LogP contribution in [-0.2, 0) is 11.2 Å². The van der Waals surface area contributed by atoms with E-state index in [0.29, 0.717) is 53.3 Å². The van der Waals surface area contributed by atoms with Crippen molar-refractivity contribution < 1.29 is 18.6 Å². The summed E-state index contributed by atoms with van der Waals surface area (Å²) >= 11 is 1.42. The molecule has 8 nitrogen and oxygen atoms in total. The van der Waals surface area contributed by atoms with Crippen LogP contribution in [0.15, 0.2) is 36.4 Å². The largest absolute Gasteiger partial charge is 0.494 e. The van der Waals surface area contributed by atoms with E-state index in [1.165, 1.54) is 24.1 Å². The molecule has 1 aliphatic rings. The zero-order chi connectivity index (χ0) is 23.2. The first kappa shape index (κ1) is 22.9. The Morgan fingerprint density at radius 3 is 2.70 bits per heavy atom. The van der Waals surface area contributed by atoms with E-state index in [4.69, 9.17) is 14.2 Å². The fourth-order valence-corrected chi connectivity index (χ4v) is 4.46. The van der Waals surface area contributed by atoms with Gasteiger partial charge in [0.15, 0.2) is 5.82 Å². The molecular weight excluding hydrogens is 445 g/mol. The number of nitrogens with one attached hydrogen (secondary N) is 1. The van der Waals surface area contributed by atoms with Crippen molar-refractivity contribution in [2.45, 2.75) is 25.4 Å². The van der Waals surface area contributed by atoms with Gasteiger partial charge in [0.05, 0.1) is 25.9 Å². The van der Waals surface area contributed by atoms with Gasteiger partial charge in [-0.15, -0.1) is 10.2 Å². The number of nitrogens with zero attached hydrogens (tertiary/aromatic N) is 4. The maximum Gasteiger partial charge on any atom is 0.239 e. The van der Waals surface area contributed by atoms with Crippen LogP contribution in [0.3, 0.4) is 0 Å². The summed E-state index contributed by atoms with van der Waals surface area (Å²) in [6, 6.07) is 11.9. The Labute approximate surface area is 195 Å². The van der Waals surface area contributed by atoms with Crippen molar-refractivity contribution >= 4 is 17.9 Å². The summed E-state index contributed by atoms with van der Waals surface area (Å²) in [5, 5.41) is 18.0. The number of nitriles is 1. The number of benzene rings is 2. The Morgan fingerprint density at radius 1 is 1.24 bits per heavy atom. The van der Waals surface area contributed by atoms with E-state index in [0.717, 1.165) is 18.4 Å². The summed E-state index contributed by atoms with van der Waals surface area (Å²) in [6.07, 6.45) is 2.22. The highest BCUT2D eigenvalue weighted by atomic mass is 32.2. The molecule has 0 amide bonds. The molecular formula is C23H24FN5O3S. The minimum Gasteiger partial charge on any atom is -0.494 e. The molecule has 0 unspecified atom stereocenters. The fourth-order valence-electron chi connectivity index (χ4n) is 3.77. The first-order chi connectivity index (χ1) is 16.2. The summed E-state index contributed by atoms with van der Waals surface area (Å²) < 4.78 is 35.6. The quantitative estimate of drug-likeness (QED) is 0.363. The summed E-state index contributed by atoms with van der Waals surface area (Å²) in [5.74, 6) is 2.63. The van der Waals surface area contributed by atoms with Gasteiger partial charge in [0, 0.05) is 12.4 Å². The lowest BCUT2D eigenvalue weighted by molar-refractivity contribution is 0.103. The number of para-hydroxylation sites is 1. The molecule has 1 atom stereocenters. The molecule has 1 saturated heterocycles. The third-order valence-corrected chi connectivity index (χ3v) is 6.10. The van der Waals surface area contributed by atoms with Gasteiger partial charge in [0.1, 0.15) is 29.1 Å². The SMILES string of the molecule is COc1cccc(OC)c1-n1c(NSCCc2ccc(F)cc2C#N)nnc1[C@@H]1CCCO1. The van der Waals surface area contributed by atoms with Crippen LogP contribution in [0, 0.1) is 17.1 Å². The minimum absolute atomic E-state index is 0.176. The van der Waals surface area contributed by atoms with Crippen molar-refractivity contribution in [2.24, 2.45) is 0 Å². The number of halogens is 1. The third kappa shape index (κ3) is 4.89. The van der Waals surface area contributed by atoms with E-state index in [2.05, 4.69) is 14.9 Å². The summed E-state index contributed by atoms with van der Waals surface area (Å²) in [5.41, 5.74) is 1.82. The predicted molar refractivity (Wildman–Crippen MR) is 123 cm³/mol. The number of aryl methyl sites for hydroxylation is 1. The molecule has 2 aromatic carbocycles. The van der Waals surface area contributed by atoms with E-state index >= 15 is 0 Å². The first-order valence-corrected chi connectivity index (χ1v) is 11.5. The summed E-state index contributed by atoms with van der Waals surface area (Å²) in [7, 11) is 3.21. The van der Waals surface area contributed by atoms with Gasteiger partial charge in [-0.25, -0.2) is 4.39 Å². The van der Waals surface area contributed by atoms with Crippen molar-refractivity contribution in [3.8, 4) is 23.3 Å². The van der Waals surface area contributed by atoms with Gasteiger partial charge in [-0.3, -0.25) is 9.29 Å². The van der Waals surface area contributed by atoms with Crippen molar-refractivity contribution in [2.75, 3.05) is 31.3 Å². The van der Waals surface area contributed by atoms with Crippen LogP contribution < -0.4 is 14.2 Å². The second-order valence-corrected chi connectivity index (χ2v) is 8.24. The maximum absolute atomic E-state index is 13.4. The maximum atomic E-state index is 13.4. The lowest BCUT2D eigenvalue weighted by atomic mass is 10.1. The molecule has 0 bridgehead atoms. The fraction of sp³-hybridized carbons (Fsp3) is 0.348. The molecule has 1 N–H and O–H groups in total. The normalized spacial score (nSPS) is 15.3. The molecule has 172 valence electrons. The first-order valence-electron chi connectivity index (χ1n) is 10.5. The van der Waals surface area contributed by atoms with Crippen LogP contribution in [-0.4, -0.2) is 41.3 Å². The van der Waals surface area contributed by atoms with E-state index in [-0.39, 0.29) is 6.10 Å². The number of ether oxygens (including phenoxy) is 3. The third-order valence-electron chi connectivity index (χ3n) is 5.36. The van der Waals surface area contributed by atoms with Crippen LogP contribution in [0.2, 0.25) is 0 Å². The Hall–Kier alpha value is -3.29. The highest BCUT2D eigenvalue weighted by Gasteiger charge is 2.29. The van der Waals surface area contributed by atoms with Gasteiger partial charge in [-0.2, -0.15) is 5.26 Å². The number of methoxy groups -OCH3 is 2. The van der Waals surface area contributed by atoms with Gasteiger partial charge >= 0.3 is 0 Å². The monoisotopic (exact) mass is 469 g/mol. The lowest BCUT2D eigenvalue weighted by Crippen LogP contribution is -2.11. The Kier molecular flexibility index (Phi) is 7.32. The van der Waals surface area contributed by atoms with Gasteiger partial charge in [0.2, 0.25) is 5.95 Å². The number of rotatable bonds is 9. The second kappa shape index (κ2) is 10.6. The van der Waals surface area contributed by atoms with Crippen molar-refractivity contribution in [3.63, 3.8) is 0 Å². The van der Waals surface area contributed by atoms with Gasteiger partial charge < -0.3 is 14.2 Å². The highest BCUT2D eigenvalue weighted by Crippen LogP contribution is 2.39. The number of aromatic nitrogens is 3. The van der Waals surface area contributed by atoms with Gasteiger partial charge in [-0.1, -0.05) is 12.1 Å². The average Bonchev–Trinajstić information content (AvgIpc) is 3.51. The van der Waals surface area contributed by atoms with Crippen LogP contribution in [0.4, 0.5) is 10.3 Å². The average molecular weight is 470 g/mol. The minimum atomic E-state index is -0.415. The number of hydrogen-bond acceptors (Lipinski definition) is 8. The standard InChI is InChI=1S/C23H24FN5O3S/c1-30-18-5-3-6-19(31-2)21(18)29-22(20-7-4-11-32-20)26-27-23(29)28-33-12-10-15-8-9-17(24)13-16(15)14-25/h3,5-6,8-9,13,20H,4,7,10-12H2,1-2H3,(H,27,28)/t20-/m0/s1. The zero-order valence-electron chi connectivity index (χ0n) is 18.4. The van der Waals surface area contributed by atoms with Gasteiger partial charge in [0.25, 0.3) is 0 Å². The molecule has 1 fully saturated rings. The van der Waals surface area contributed by atoms with Crippen molar-refractivity contribution in [1.29, 1.82) is 5.26 Å². The summed E-state index contributed by atoms with van der Waals surface area (Å²) in [4.78, 5) is 0. The van der Waals surface area contributed by atoms with Crippen LogP contribution >= 0.6 is 11.9 Å². The second-order valence-electron chi connectivity index (χ2n) is 7.34. The molecule has 2 heterocycles. The molecule has 0 aliphatic carbocycles. The molecule has 0 radical (unpaired) electrons. The Morgan fingerprint density at radius 2 is 2.03 bits per heavy atom. The smallest absolute Gasteiger partial charge is 0.239 e. The zero-order valence-corrected chi connectivity index (χ0v) is 19.2. The molecule has 0 spiro atoms. The molecule has 0 saturated carbocycles. The number of hydrogen-bond donors (Lipinski definition) is 1. The van der Waals surface area contributed by atoms with E-state index in [9.17, 15) is 9.65 Å². The lowest BCUT2D eigenvalue weighted by Gasteiger charge is -2.19. The van der Waals surface area contributed by atoms with Crippen molar-refractivity contribution in [1.82, 2.24) is 14.8 Å². The van der Waals surface area contributed by atoms with Crippen LogP contribution in [0.25, 0.3) is 5.69 Å². The van der Waals surface area contributed by atoms with Crippen LogP contribution in [0.1, 0.15) is 35.9 Å². The number of anilines is 1. The van der Waals surface area contributed by atoms with Crippen molar-refractivity contribution in [3.05, 3.63) is 59.2 Å². The molecule has 3 aromatic rings. The predicted octanol–water partition coefficient (Wildman–Crippen LogP) is 4.45. The Bertz CT molecular complexity index is 1140. The topological polar surface area (TPSA) is 94.2 Å². The van der Waals surface area contributed by atoms with E-state index in [1.807, 2.05) is 28.8 Å². The molecule has 1 aliphatic heterocycles. The summed E-state index contributed by atoms with van der Waals surface area (Å²) in [6.45, 7) is 0.678. The molecule has 1 aromatic heterocycles. The molecule has 33 heavy (non-hydrogen) atoms. The van der Waals surface area contributed by atoms with E-state index < -0.39 is 5.82 Å².